The average Bonchev–Trinajstić information content (AvgIpc) is 2.27. The summed E-state index contributed by atoms with van der Waals surface area (Å²) >= 11 is 0. The fraction of sp³-hybridized carbons (Fsp3) is 0.273. The number of nitrogen functional groups attached to an aromatic ring is 1. The van der Waals surface area contributed by atoms with E-state index in [1.54, 1.807) is 0 Å². The number of hydrogen-bond acceptors (Lipinski definition) is 2. The van der Waals surface area contributed by atoms with Gasteiger partial charge in [0.1, 0.15) is 5.58 Å². The minimum absolute atomic E-state index is 0.531. The molecule has 0 bridgehead atoms. The van der Waals surface area contributed by atoms with Gasteiger partial charge in [0, 0.05) is 10.9 Å². The van der Waals surface area contributed by atoms with Gasteiger partial charge in [0.2, 0.25) is 0 Å². The van der Waals surface area contributed by atoms with Crippen molar-refractivity contribution in [2.24, 2.45) is 0 Å². The van der Waals surface area contributed by atoms with Crippen molar-refractivity contribution >= 4 is 16.9 Å². The zero-order chi connectivity index (χ0) is 9.59. The van der Waals surface area contributed by atoms with Crippen LogP contribution in [0.2, 0.25) is 0 Å². The zero-order valence-corrected chi connectivity index (χ0v) is 8.14. The predicted molar refractivity (Wildman–Crippen MR) is 54.8 cm³/mol. The Morgan fingerprint density at radius 1 is 1.15 bits per heavy atom. The molecule has 2 heteroatoms. The van der Waals surface area contributed by atoms with Gasteiger partial charge in [-0.3, -0.25) is 0 Å². The Morgan fingerprint density at radius 2 is 1.85 bits per heavy atom. The van der Waals surface area contributed by atoms with E-state index in [0.717, 1.165) is 16.5 Å². The molecule has 2 rings (SSSR count). The lowest BCUT2D eigenvalue weighted by molar-refractivity contribution is 0.634. The van der Waals surface area contributed by atoms with Crippen molar-refractivity contribution < 1.29 is 4.42 Å². The van der Waals surface area contributed by atoms with E-state index in [1.165, 1.54) is 11.1 Å². The Morgan fingerprint density at radius 3 is 2.54 bits per heavy atom. The average molecular weight is 175 g/mol. The fourth-order valence-corrected chi connectivity index (χ4v) is 1.81. The van der Waals surface area contributed by atoms with Crippen LogP contribution >= 0.6 is 0 Å². The largest absolute Gasteiger partial charge is 0.441 e. The number of furan rings is 1. The third-order valence-corrected chi connectivity index (χ3v) is 2.41. The number of hydrogen-bond donors (Lipinski definition) is 1. The second kappa shape index (κ2) is 2.52. The number of aryl methyl sites for hydroxylation is 3. The third kappa shape index (κ3) is 1.10. The summed E-state index contributed by atoms with van der Waals surface area (Å²) in [7, 11) is 0. The summed E-state index contributed by atoms with van der Waals surface area (Å²) in [4.78, 5) is 0. The van der Waals surface area contributed by atoms with E-state index in [0.29, 0.717) is 5.88 Å². The van der Waals surface area contributed by atoms with Gasteiger partial charge >= 0.3 is 0 Å². The number of rotatable bonds is 0. The topological polar surface area (TPSA) is 39.2 Å². The summed E-state index contributed by atoms with van der Waals surface area (Å²) in [6.07, 6.45) is 0. The standard InChI is InChI=1S/C11H13NO/c1-6-4-7(2)10-8(3)11(12)13-9(10)5-6/h4-5H,12H2,1-3H3. The first-order chi connectivity index (χ1) is 6.09. The molecule has 68 valence electrons. The minimum Gasteiger partial charge on any atom is -0.441 e. The summed E-state index contributed by atoms with van der Waals surface area (Å²) in [6.45, 7) is 6.13. The first-order valence-corrected chi connectivity index (χ1v) is 4.35. The molecule has 2 aromatic rings. The van der Waals surface area contributed by atoms with Crippen LogP contribution in [0.4, 0.5) is 5.88 Å². The van der Waals surface area contributed by atoms with Crippen LogP contribution in [0.15, 0.2) is 16.5 Å². The SMILES string of the molecule is Cc1cc(C)c2c(C)c(N)oc2c1. The smallest absolute Gasteiger partial charge is 0.194 e. The van der Waals surface area contributed by atoms with Crippen LogP contribution in [0.1, 0.15) is 16.7 Å². The van der Waals surface area contributed by atoms with Gasteiger partial charge in [-0.25, -0.2) is 0 Å². The van der Waals surface area contributed by atoms with Crippen LogP contribution in [0.5, 0.6) is 0 Å². The Hall–Kier alpha value is -1.44. The minimum atomic E-state index is 0.531. The summed E-state index contributed by atoms with van der Waals surface area (Å²) in [6, 6.07) is 4.16. The fourth-order valence-electron chi connectivity index (χ4n) is 1.81. The van der Waals surface area contributed by atoms with Gasteiger partial charge in [-0.05, 0) is 38.0 Å². The Bertz CT molecular complexity index is 468. The van der Waals surface area contributed by atoms with Gasteiger partial charge in [0.25, 0.3) is 0 Å². The summed E-state index contributed by atoms with van der Waals surface area (Å²) < 4.78 is 5.44. The molecule has 0 unspecified atom stereocenters. The van der Waals surface area contributed by atoms with Crippen LogP contribution in [-0.4, -0.2) is 0 Å². The normalized spacial score (nSPS) is 11.0. The first kappa shape index (κ1) is 8.17. The van der Waals surface area contributed by atoms with Crippen molar-refractivity contribution in [3.8, 4) is 0 Å². The van der Waals surface area contributed by atoms with Crippen molar-refractivity contribution in [1.82, 2.24) is 0 Å². The van der Waals surface area contributed by atoms with Gasteiger partial charge in [-0.15, -0.1) is 0 Å². The number of fused-ring (bicyclic) bond motifs is 1. The quantitative estimate of drug-likeness (QED) is 0.668. The van der Waals surface area contributed by atoms with Gasteiger partial charge in [-0.2, -0.15) is 0 Å². The molecule has 0 aliphatic heterocycles. The molecular formula is C11H13NO. The molecule has 2 N–H and O–H groups in total. The number of benzene rings is 1. The summed E-state index contributed by atoms with van der Waals surface area (Å²) in [5.41, 5.74) is 10.1. The van der Waals surface area contributed by atoms with E-state index in [2.05, 4.69) is 19.9 Å². The molecule has 13 heavy (non-hydrogen) atoms. The molecule has 1 aromatic heterocycles. The molecule has 0 aliphatic rings. The zero-order valence-electron chi connectivity index (χ0n) is 8.14. The Balaban J connectivity index is 2.94. The molecule has 0 amide bonds. The molecule has 2 nitrogen and oxygen atoms in total. The highest BCUT2D eigenvalue weighted by Crippen LogP contribution is 2.30. The Kier molecular flexibility index (Phi) is 1.59. The van der Waals surface area contributed by atoms with Crippen LogP contribution < -0.4 is 5.73 Å². The molecular weight excluding hydrogens is 162 g/mol. The lowest BCUT2D eigenvalue weighted by Gasteiger charge is -1.97. The van der Waals surface area contributed by atoms with Crippen molar-refractivity contribution in [1.29, 1.82) is 0 Å². The molecule has 0 aliphatic carbocycles. The van der Waals surface area contributed by atoms with Crippen LogP contribution in [0.3, 0.4) is 0 Å². The molecule has 0 saturated heterocycles. The van der Waals surface area contributed by atoms with Crippen LogP contribution in [0.25, 0.3) is 11.0 Å². The second-order valence-corrected chi connectivity index (χ2v) is 3.55. The van der Waals surface area contributed by atoms with Crippen molar-refractivity contribution in [2.45, 2.75) is 20.8 Å². The van der Waals surface area contributed by atoms with E-state index >= 15 is 0 Å². The molecule has 1 heterocycles. The van der Waals surface area contributed by atoms with E-state index in [4.69, 9.17) is 10.2 Å². The molecule has 0 saturated carbocycles. The van der Waals surface area contributed by atoms with Crippen LogP contribution in [-0.2, 0) is 0 Å². The first-order valence-electron chi connectivity index (χ1n) is 4.35. The Labute approximate surface area is 77.3 Å². The number of anilines is 1. The lowest BCUT2D eigenvalue weighted by atomic mass is 10.1. The summed E-state index contributed by atoms with van der Waals surface area (Å²) in [5.74, 6) is 0.531. The molecule has 0 radical (unpaired) electrons. The predicted octanol–water partition coefficient (Wildman–Crippen LogP) is 2.94. The number of nitrogens with two attached hydrogens (primary N) is 1. The molecule has 0 fully saturated rings. The summed E-state index contributed by atoms with van der Waals surface area (Å²) in [5, 5.41) is 1.16. The maximum atomic E-state index is 5.70. The highest BCUT2D eigenvalue weighted by molar-refractivity contribution is 5.88. The highest BCUT2D eigenvalue weighted by atomic mass is 16.3. The van der Waals surface area contributed by atoms with Gasteiger partial charge in [-0.1, -0.05) is 6.07 Å². The maximum Gasteiger partial charge on any atom is 0.194 e. The third-order valence-electron chi connectivity index (χ3n) is 2.41. The lowest BCUT2D eigenvalue weighted by Crippen LogP contribution is -1.83. The van der Waals surface area contributed by atoms with E-state index in [1.807, 2.05) is 13.0 Å². The molecule has 1 aromatic carbocycles. The highest BCUT2D eigenvalue weighted by Gasteiger charge is 2.09. The molecule has 0 atom stereocenters. The van der Waals surface area contributed by atoms with Crippen LogP contribution in [0, 0.1) is 20.8 Å². The van der Waals surface area contributed by atoms with Gasteiger partial charge < -0.3 is 10.2 Å². The second-order valence-electron chi connectivity index (χ2n) is 3.55. The van der Waals surface area contributed by atoms with Crippen molar-refractivity contribution in [2.75, 3.05) is 5.73 Å². The van der Waals surface area contributed by atoms with Crippen molar-refractivity contribution in [3.63, 3.8) is 0 Å². The monoisotopic (exact) mass is 175 g/mol. The van der Waals surface area contributed by atoms with Gasteiger partial charge in [0.05, 0.1) is 0 Å². The molecule has 0 spiro atoms. The van der Waals surface area contributed by atoms with E-state index in [-0.39, 0.29) is 0 Å². The maximum absolute atomic E-state index is 5.70. The van der Waals surface area contributed by atoms with E-state index in [9.17, 15) is 0 Å². The van der Waals surface area contributed by atoms with Gasteiger partial charge in [0.15, 0.2) is 5.88 Å². The van der Waals surface area contributed by atoms with Crippen molar-refractivity contribution in [3.05, 3.63) is 28.8 Å². The van der Waals surface area contributed by atoms with E-state index < -0.39 is 0 Å².